The lowest BCUT2D eigenvalue weighted by Gasteiger charge is -2.35. The van der Waals surface area contributed by atoms with Crippen molar-refractivity contribution in [1.29, 1.82) is 0 Å². The number of ether oxygens (including phenoxy) is 1. The van der Waals surface area contributed by atoms with E-state index >= 15 is 0 Å². The zero-order valence-electron chi connectivity index (χ0n) is 11.3. The molecule has 1 aliphatic rings. The van der Waals surface area contributed by atoms with Crippen LogP contribution in [0.2, 0.25) is 0 Å². The van der Waals surface area contributed by atoms with Crippen LogP contribution < -0.4 is 21.1 Å². The number of rotatable bonds is 3. The molecule has 4 N–H and O–H groups in total. The molecule has 2 rings (SSSR count). The average Bonchev–Trinajstić information content (AvgIpc) is 2.39. The summed E-state index contributed by atoms with van der Waals surface area (Å²) in [6.45, 7) is 3.71. The van der Waals surface area contributed by atoms with E-state index in [9.17, 15) is 4.79 Å². The Bertz CT molecular complexity index is 482. The zero-order chi connectivity index (χ0) is 14.0. The molecule has 1 heterocycles. The van der Waals surface area contributed by atoms with Gasteiger partial charge in [0.2, 0.25) is 5.91 Å². The highest BCUT2D eigenvalue weighted by atomic mass is 16.5. The predicted molar refractivity (Wildman–Crippen MR) is 75.6 cm³/mol. The summed E-state index contributed by atoms with van der Waals surface area (Å²) in [5.41, 5.74) is 13.1. The normalized spacial score (nSPS) is 16.4. The summed E-state index contributed by atoms with van der Waals surface area (Å²) in [6, 6.07) is 3.25. The molecular weight excluding hydrogens is 244 g/mol. The number of hydrogen-bond acceptors (Lipinski definition) is 5. The summed E-state index contributed by atoms with van der Waals surface area (Å²) < 4.78 is 5.35. The second kappa shape index (κ2) is 5.36. The maximum atomic E-state index is 11.2. The molecule has 0 aliphatic carbocycles. The maximum Gasteiger partial charge on any atom is 0.248 e. The largest absolute Gasteiger partial charge is 0.494 e. The molecule has 104 valence electrons. The fraction of sp³-hybridized carbons (Fsp3) is 0.462. The molecule has 1 aliphatic heterocycles. The summed E-state index contributed by atoms with van der Waals surface area (Å²) in [5.74, 6) is 0.0910. The molecule has 0 saturated carbocycles. The summed E-state index contributed by atoms with van der Waals surface area (Å²) in [6.07, 6.45) is 0. The molecule has 1 aromatic rings. The molecule has 6 heteroatoms. The third-order valence-corrected chi connectivity index (χ3v) is 3.43. The highest BCUT2D eigenvalue weighted by Gasteiger charge is 2.21. The topological polar surface area (TPSA) is 84.8 Å². The van der Waals surface area contributed by atoms with E-state index in [0.717, 1.165) is 31.9 Å². The Morgan fingerprint density at radius 3 is 2.42 bits per heavy atom. The Labute approximate surface area is 112 Å². The molecule has 1 fully saturated rings. The number of methoxy groups -OCH3 is 1. The highest BCUT2D eigenvalue weighted by molar-refractivity contribution is 5.96. The maximum absolute atomic E-state index is 11.2. The van der Waals surface area contributed by atoms with Gasteiger partial charge in [0.25, 0.3) is 0 Å². The van der Waals surface area contributed by atoms with E-state index in [1.54, 1.807) is 19.2 Å². The molecule has 1 aromatic carbocycles. The van der Waals surface area contributed by atoms with Crippen molar-refractivity contribution in [1.82, 2.24) is 4.90 Å². The van der Waals surface area contributed by atoms with Crippen molar-refractivity contribution in [3.63, 3.8) is 0 Å². The van der Waals surface area contributed by atoms with Crippen LogP contribution in [0, 0.1) is 0 Å². The number of primary amides is 1. The zero-order valence-corrected chi connectivity index (χ0v) is 11.3. The van der Waals surface area contributed by atoms with Gasteiger partial charge in [0.15, 0.2) is 0 Å². The highest BCUT2D eigenvalue weighted by Crippen LogP contribution is 2.36. The smallest absolute Gasteiger partial charge is 0.248 e. The SMILES string of the molecule is COc1cc(C(N)=O)cc(N)c1N1CCN(C)CC1. The van der Waals surface area contributed by atoms with Crippen molar-refractivity contribution in [2.75, 3.05) is 51.0 Å². The number of carbonyl (C=O) groups excluding carboxylic acids is 1. The van der Waals surface area contributed by atoms with Gasteiger partial charge in [-0.15, -0.1) is 0 Å². The Morgan fingerprint density at radius 1 is 1.26 bits per heavy atom. The van der Waals surface area contributed by atoms with Crippen molar-refractivity contribution in [3.05, 3.63) is 17.7 Å². The number of amides is 1. The van der Waals surface area contributed by atoms with Gasteiger partial charge in [-0.1, -0.05) is 0 Å². The lowest BCUT2D eigenvalue weighted by molar-refractivity contribution is 0.1000. The lowest BCUT2D eigenvalue weighted by atomic mass is 10.1. The number of likely N-dealkylation sites (N-methyl/N-ethyl adjacent to an activating group) is 1. The van der Waals surface area contributed by atoms with Gasteiger partial charge in [-0.05, 0) is 19.2 Å². The van der Waals surface area contributed by atoms with Crippen LogP contribution in [-0.4, -0.2) is 51.1 Å². The first kappa shape index (κ1) is 13.5. The van der Waals surface area contributed by atoms with E-state index in [0.29, 0.717) is 17.0 Å². The fourth-order valence-electron chi connectivity index (χ4n) is 2.30. The third-order valence-electron chi connectivity index (χ3n) is 3.43. The van der Waals surface area contributed by atoms with Gasteiger partial charge in [0.05, 0.1) is 12.8 Å². The quantitative estimate of drug-likeness (QED) is 0.758. The van der Waals surface area contributed by atoms with E-state index in [2.05, 4.69) is 16.8 Å². The molecule has 0 atom stereocenters. The van der Waals surface area contributed by atoms with Gasteiger partial charge in [0, 0.05) is 31.7 Å². The Morgan fingerprint density at radius 2 is 1.89 bits per heavy atom. The molecular formula is C13H20N4O2. The van der Waals surface area contributed by atoms with Gasteiger partial charge in [-0.3, -0.25) is 4.79 Å². The predicted octanol–water partition coefficient (Wildman–Crippen LogP) is 0.128. The van der Waals surface area contributed by atoms with E-state index < -0.39 is 5.91 Å². The van der Waals surface area contributed by atoms with Gasteiger partial charge < -0.3 is 26.0 Å². The Kier molecular flexibility index (Phi) is 3.80. The van der Waals surface area contributed by atoms with Crippen LogP contribution in [0.1, 0.15) is 10.4 Å². The van der Waals surface area contributed by atoms with Gasteiger partial charge in [-0.25, -0.2) is 0 Å². The van der Waals surface area contributed by atoms with E-state index in [-0.39, 0.29) is 0 Å². The molecule has 0 radical (unpaired) electrons. The van der Waals surface area contributed by atoms with Crippen molar-refractivity contribution in [2.24, 2.45) is 5.73 Å². The Hall–Kier alpha value is -1.95. The number of benzene rings is 1. The summed E-state index contributed by atoms with van der Waals surface area (Å²) in [4.78, 5) is 15.7. The summed E-state index contributed by atoms with van der Waals surface area (Å²) in [5, 5.41) is 0. The molecule has 1 amide bonds. The van der Waals surface area contributed by atoms with Crippen molar-refractivity contribution >= 4 is 17.3 Å². The first-order valence-corrected chi connectivity index (χ1v) is 6.23. The third kappa shape index (κ3) is 2.73. The minimum atomic E-state index is -0.505. The second-order valence-corrected chi connectivity index (χ2v) is 4.77. The monoisotopic (exact) mass is 264 g/mol. The van der Waals surface area contributed by atoms with Crippen molar-refractivity contribution < 1.29 is 9.53 Å². The van der Waals surface area contributed by atoms with Crippen LogP contribution in [0.3, 0.4) is 0 Å². The molecule has 0 aromatic heterocycles. The fourth-order valence-corrected chi connectivity index (χ4v) is 2.30. The van der Waals surface area contributed by atoms with Gasteiger partial charge >= 0.3 is 0 Å². The van der Waals surface area contributed by atoms with E-state index in [1.807, 2.05) is 0 Å². The first-order chi connectivity index (χ1) is 9.02. The van der Waals surface area contributed by atoms with Gasteiger partial charge in [0.1, 0.15) is 11.4 Å². The number of anilines is 2. The number of nitrogens with two attached hydrogens (primary N) is 2. The molecule has 0 spiro atoms. The number of nitrogens with zero attached hydrogens (tertiary/aromatic N) is 2. The van der Waals surface area contributed by atoms with Crippen LogP contribution in [0.4, 0.5) is 11.4 Å². The van der Waals surface area contributed by atoms with Crippen LogP contribution in [-0.2, 0) is 0 Å². The van der Waals surface area contributed by atoms with Crippen molar-refractivity contribution in [3.8, 4) is 5.75 Å². The molecule has 19 heavy (non-hydrogen) atoms. The second-order valence-electron chi connectivity index (χ2n) is 4.77. The first-order valence-electron chi connectivity index (χ1n) is 6.23. The lowest BCUT2D eigenvalue weighted by Crippen LogP contribution is -2.44. The summed E-state index contributed by atoms with van der Waals surface area (Å²) >= 11 is 0. The van der Waals surface area contributed by atoms with Crippen LogP contribution in [0.5, 0.6) is 5.75 Å². The average molecular weight is 264 g/mol. The van der Waals surface area contributed by atoms with E-state index in [1.165, 1.54) is 0 Å². The standard InChI is InChI=1S/C13H20N4O2/c1-16-3-5-17(6-4-16)12-10(14)7-9(13(15)18)8-11(12)19-2/h7-8H,3-6,14H2,1-2H3,(H2,15,18). The molecule has 0 bridgehead atoms. The van der Waals surface area contributed by atoms with Crippen LogP contribution in [0.25, 0.3) is 0 Å². The van der Waals surface area contributed by atoms with Gasteiger partial charge in [-0.2, -0.15) is 0 Å². The molecule has 1 saturated heterocycles. The minimum absolute atomic E-state index is 0.368. The number of nitrogen functional groups attached to an aromatic ring is 1. The summed E-state index contributed by atoms with van der Waals surface area (Å²) in [7, 11) is 3.66. The Balaban J connectivity index is 2.36. The number of piperazine rings is 1. The van der Waals surface area contributed by atoms with Crippen LogP contribution >= 0.6 is 0 Å². The number of carbonyl (C=O) groups is 1. The van der Waals surface area contributed by atoms with E-state index in [4.69, 9.17) is 16.2 Å². The minimum Gasteiger partial charge on any atom is -0.494 e. The molecule has 0 unspecified atom stereocenters. The van der Waals surface area contributed by atoms with Crippen LogP contribution in [0.15, 0.2) is 12.1 Å². The molecule has 6 nitrogen and oxygen atoms in total. The number of hydrogen-bond donors (Lipinski definition) is 2. The van der Waals surface area contributed by atoms with Crippen molar-refractivity contribution in [2.45, 2.75) is 0 Å².